The van der Waals surface area contributed by atoms with Crippen LogP contribution in [0.3, 0.4) is 0 Å². The molecule has 0 aliphatic rings. The van der Waals surface area contributed by atoms with E-state index in [1.807, 2.05) is 24.3 Å². The van der Waals surface area contributed by atoms with Gasteiger partial charge < -0.3 is 9.84 Å². The molecule has 3 rings (SSSR count). The number of hydrogen-bond donors (Lipinski definition) is 3. The summed E-state index contributed by atoms with van der Waals surface area (Å²) in [6.07, 6.45) is 0.953. The van der Waals surface area contributed by atoms with E-state index < -0.39 is 0 Å². The first kappa shape index (κ1) is 19.2. The Morgan fingerprint density at radius 2 is 1.89 bits per heavy atom. The third kappa shape index (κ3) is 4.76. The van der Waals surface area contributed by atoms with Crippen LogP contribution < -0.4 is 10.2 Å². The minimum absolute atomic E-state index is 0.176. The van der Waals surface area contributed by atoms with E-state index in [-0.39, 0.29) is 11.7 Å². The molecule has 0 aliphatic carbocycles. The van der Waals surface area contributed by atoms with Crippen LogP contribution in [0.2, 0.25) is 0 Å². The van der Waals surface area contributed by atoms with Gasteiger partial charge in [0.25, 0.3) is 5.91 Å². The van der Waals surface area contributed by atoms with Gasteiger partial charge in [0, 0.05) is 5.56 Å². The van der Waals surface area contributed by atoms with E-state index in [0.29, 0.717) is 23.7 Å². The number of benzene rings is 2. The molecule has 0 saturated carbocycles. The van der Waals surface area contributed by atoms with Gasteiger partial charge in [0.2, 0.25) is 0 Å². The van der Waals surface area contributed by atoms with E-state index >= 15 is 0 Å². The number of phenolic OH excluding ortho intramolecular Hbond substituents is 1. The van der Waals surface area contributed by atoms with Gasteiger partial charge >= 0.3 is 0 Å². The summed E-state index contributed by atoms with van der Waals surface area (Å²) in [4.78, 5) is 12.3. The van der Waals surface area contributed by atoms with E-state index in [0.717, 1.165) is 23.3 Å². The van der Waals surface area contributed by atoms with Crippen molar-refractivity contribution >= 4 is 11.6 Å². The molecular formula is C21H22N4O3. The maximum Gasteiger partial charge on any atom is 0.289 e. The molecule has 7 heteroatoms. The van der Waals surface area contributed by atoms with Crippen LogP contribution in [0.15, 0.2) is 59.7 Å². The van der Waals surface area contributed by atoms with E-state index in [1.165, 1.54) is 0 Å². The average Bonchev–Trinajstić information content (AvgIpc) is 3.21. The summed E-state index contributed by atoms with van der Waals surface area (Å²) in [6, 6.07) is 15.8. The van der Waals surface area contributed by atoms with Gasteiger partial charge in [0.05, 0.1) is 18.0 Å². The van der Waals surface area contributed by atoms with Crippen molar-refractivity contribution in [1.29, 1.82) is 0 Å². The van der Waals surface area contributed by atoms with Crippen LogP contribution in [0.25, 0.3) is 11.3 Å². The first-order valence-electron chi connectivity index (χ1n) is 8.99. The van der Waals surface area contributed by atoms with Crippen molar-refractivity contribution in [3.05, 3.63) is 65.9 Å². The number of nitrogens with one attached hydrogen (secondary N) is 2. The van der Waals surface area contributed by atoms with Crippen LogP contribution >= 0.6 is 0 Å². The van der Waals surface area contributed by atoms with Crippen molar-refractivity contribution in [2.45, 2.75) is 20.3 Å². The Labute approximate surface area is 163 Å². The zero-order valence-electron chi connectivity index (χ0n) is 15.8. The fraction of sp³-hybridized carbons (Fsp3) is 0.190. The summed E-state index contributed by atoms with van der Waals surface area (Å²) in [5.41, 5.74) is 5.77. The molecule has 0 spiro atoms. The first-order valence-corrected chi connectivity index (χ1v) is 8.99. The normalized spacial score (nSPS) is 11.3. The summed E-state index contributed by atoms with van der Waals surface area (Å²) < 4.78 is 5.57. The minimum Gasteiger partial charge on any atom is -0.508 e. The molecule has 1 aromatic heterocycles. The number of carbonyl (C=O) groups is 1. The topological polar surface area (TPSA) is 99.6 Å². The summed E-state index contributed by atoms with van der Waals surface area (Å²) in [7, 11) is 0. The van der Waals surface area contributed by atoms with E-state index in [1.54, 1.807) is 37.3 Å². The lowest BCUT2D eigenvalue weighted by Gasteiger charge is -2.04. The Balaban J connectivity index is 1.65. The van der Waals surface area contributed by atoms with Gasteiger partial charge in [-0.05, 0) is 73.5 Å². The van der Waals surface area contributed by atoms with Gasteiger partial charge in [0.15, 0.2) is 0 Å². The number of aromatic hydroxyl groups is 1. The quantitative estimate of drug-likeness (QED) is 0.431. The molecule has 28 heavy (non-hydrogen) atoms. The predicted octanol–water partition coefficient (Wildman–Crippen LogP) is 3.73. The summed E-state index contributed by atoms with van der Waals surface area (Å²) in [5.74, 6) is 0.591. The third-order valence-electron chi connectivity index (χ3n) is 4.06. The maximum atomic E-state index is 12.3. The van der Waals surface area contributed by atoms with Gasteiger partial charge in [-0.3, -0.25) is 9.89 Å². The minimum atomic E-state index is -0.389. The largest absolute Gasteiger partial charge is 0.508 e. The highest BCUT2D eigenvalue weighted by molar-refractivity contribution is 6.00. The molecule has 1 heterocycles. The molecule has 7 nitrogen and oxygen atoms in total. The molecule has 1 amide bonds. The predicted molar refractivity (Wildman–Crippen MR) is 108 cm³/mol. The van der Waals surface area contributed by atoms with Crippen LogP contribution in [0.1, 0.15) is 36.3 Å². The van der Waals surface area contributed by atoms with Gasteiger partial charge in [-0.25, -0.2) is 5.43 Å². The van der Waals surface area contributed by atoms with Crippen molar-refractivity contribution < 1.29 is 14.6 Å². The highest BCUT2D eigenvalue weighted by Gasteiger charge is 2.11. The monoisotopic (exact) mass is 378 g/mol. The number of H-pyrrole nitrogens is 1. The zero-order chi connectivity index (χ0) is 19.9. The molecule has 0 unspecified atom stereocenters. The number of phenols is 1. The molecule has 2 aromatic carbocycles. The van der Waals surface area contributed by atoms with Crippen molar-refractivity contribution in [1.82, 2.24) is 15.6 Å². The van der Waals surface area contributed by atoms with Crippen molar-refractivity contribution in [2.24, 2.45) is 5.10 Å². The van der Waals surface area contributed by atoms with Crippen LogP contribution in [-0.4, -0.2) is 33.5 Å². The summed E-state index contributed by atoms with van der Waals surface area (Å²) in [6.45, 7) is 4.50. The Hall–Kier alpha value is -3.61. The van der Waals surface area contributed by atoms with Gasteiger partial charge in [-0.2, -0.15) is 10.2 Å². The van der Waals surface area contributed by atoms with E-state index in [2.05, 4.69) is 27.6 Å². The Bertz CT molecular complexity index is 960. The third-order valence-corrected chi connectivity index (χ3v) is 4.06. The molecule has 0 bridgehead atoms. The van der Waals surface area contributed by atoms with Crippen LogP contribution in [-0.2, 0) is 0 Å². The highest BCUT2D eigenvalue weighted by Crippen LogP contribution is 2.21. The molecule has 0 radical (unpaired) electrons. The second-order valence-corrected chi connectivity index (χ2v) is 6.22. The van der Waals surface area contributed by atoms with Crippen LogP contribution in [0.4, 0.5) is 0 Å². The molecule has 144 valence electrons. The standard InChI is InChI=1S/C21H22N4O3/c1-3-12-28-18-10-6-16(7-11-18)19-13-20(24-23-19)21(27)25-22-14(2)15-4-8-17(26)9-5-15/h4-11,13,26H,3,12H2,1-2H3,(H,23,24)(H,25,27)/b22-14-. The first-order chi connectivity index (χ1) is 13.6. The fourth-order valence-corrected chi connectivity index (χ4v) is 2.49. The number of aromatic amines is 1. The van der Waals surface area contributed by atoms with E-state index in [4.69, 9.17) is 4.74 Å². The number of hydrazone groups is 1. The van der Waals surface area contributed by atoms with Crippen LogP contribution in [0, 0.1) is 0 Å². The Morgan fingerprint density at radius 3 is 2.57 bits per heavy atom. The fourth-order valence-electron chi connectivity index (χ4n) is 2.49. The number of ether oxygens (including phenoxy) is 1. The molecule has 3 aromatic rings. The molecular weight excluding hydrogens is 356 g/mol. The van der Waals surface area contributed by atoms with Gasteiger partial charge in [-0.1, -0.05) is 6.92 Å². The number of carbonyl (C=O) groups excluding carboxylic acids is 1. The highest BCUT2D eigenvalue weighted by atomic mass is 16.5. The maximum absolute atomic E-state index is 12.3. The number of amides is 1. The summed E-state index contributed by atoms with van der Waals surface area (Å²) in [5, 5.41) is 20.3. The smallest absolute Gasteiger partial charge is 0.289 e. The molecule has 0 atom stereocenters. The second kappa shape index (κ2) is 8.85. The molecule has 3 N–H and O–H groups in total. The molecule has 0 aliphatic heterocycles. The average molecular weight is 378 g/mol. The number of nitrogens with zero attached hydrogens (tertiary/aromatic N) is 2. The van der Waals surface area contributed by atoms with Crippen molar-refractivity contribution in [3.8, 4) is 22.8 Å². The Kier molecular flexibility index (Phi) is 6.06. The van der Waals surface area contributed by atoms with Gasteiger partial charge in [0.1, 0.15) is 17.2 Å². The zero-order valence-corrected chi connectivity index (χ0v) is 15.8. The lowest BCUT2D eigenvalue weighted by Crippen LogP contribution is -2.19. The van der Waals surface area contributed by atoms with Crippen LogP contribution in [0.5, 0.6) is 11.5 Å². The molecule has 0 fully saturated rings. The lowest BCUT2D eigenvalue weighted by molar-refractivity contribution is 0.0950. The van der Waals surface area contributed by atoms with Gasteiger partial charge in [-0.15, -0.1) is 0 Å². The number of rotatable bonds is 7. The second-order valence-electron chi connectivity index (χ2n) is 6.22. The van der Waals surface area contributed by atoms with Crippen molar-refractivity contribution in [3.63, 3.8) is 0 Å². The molecule has 0 saturated heterocycles. The van der Waals surface area contributed by atoms with Crippen molar-refractivity contribution in [2.75, 3.05) is 6.61 Å². The summed E-state index contributed by atoms with van der Waals surface area (Å²) >= 11 is 0. The Morgan fingerprint density at radius 1 is 1.18 bits per heavy atom. The SMILES string of the molecule is CCCOc1ccc(-c2cc(C(=O)N/N=C(/C)c3ccc(O)cc3)[nH]n2)cc1. The number of hydrogen-bond acceptors (Lipinski definition) is 5. The lowest BCUT2D eigenvalue weighted by atomic mass is 10.1. The number of aromatic nitrogens is 2. The van der Waals surface area contributed by atoms with E-state index in [9.17, 15) is 9.90 Å².